The third-order valence-electron chi connectivity index (χ3n) is 1.89. The standard InChI is InChI=1S/C10H9NO/c1-8-4-10-3-2-9(7-12)6-11(10)5-8/h2-7H,1H3. The second kappa shape index (κ2) is 2.48. The van der Waals surface area contributed by atoms with Crippen molar-refractivity contribution in [1.29, 1.82) is 0 Å². The van der Waals surface area contributed by atoms with Crippen LogP contribution >= 0.6 is 0 Å². The molecule has 0 amide bonds. The van der Waals surface area contributed by atoms with Crippen molar-refractivity contribution in [2.45, 2.75) is 6.92 Å². The number of aryl methyl sites for hydroxylation is 1. The van der Waals surface area contributed by atoms with Gasteiger partial charge in [-0.25, -0.2) is 0 Å². The fourth-order valence-corrected chi connectivity index (χ4v) is 1.34. The van der Waals surface area contributed by atoms with Gasteiger partial charge in [0, 0.05) is 23.5 Å². The molecule has 0 spiro atoms. The molecule has 0 saturated heterocycles. The lowest BCUT2D eigenvalue weighted by atomic mass is 10.3. The van der Waals surface area contributed by atoms with Crippen LogP contribution in [0.5, 0.6) is 0 Å². The topological polar surface area (TPSA) is 21.5 Å². The number of carbonyl (C=O) groups excluding carboxylic acids is 1. The number of hydrogen-bond acceptors (Lipinski definition) is 1. The SMILES string of the molecule is Cc1cc2ccc(C=O)cn2c1. The van der Waals surface area contributed by atoms with E-state index in [0.717, 1.165) is 11.8 Å². The van der Waals surface area contributed by atoms with E-state index in [4.69, 9.17) is 0 Å². The molecule has 0 bridgehead atoms. The van der Waals surface area contributed by atoms with Gasteiger partial charge in [-0.05, 0) is 30.7 Å². The van der Waals surface area contributed by atoms with E-state index in [0.29, 0.717) is 5.56 Å². The minimum absolute atomic E-state index is 0.707. The predicted octanol–water partition coefficient (Wildman–Crippen LogP) is 2.06. The maximum Gasteiger partial charge on any atom is 0.151 e. The molecule has 0 radical (unpaired) electrons. The second-order valence-corrected chi connectivity index (χ2v) is 2.93. The highest BCUT2D eigenvalue weighted by molar-refractivity contribution is 5.75. The van der Waals surface area contributed by atoms with Gasteiger partial charge in [0.1, 0.15) is 0 Å². The van der Waals surface area contributed by atoms with Crippen LogP contribution in [0.4, 0.5) is 0 Å². The molecule has 2 rings (SSSR count). The van der Waals surface area contributed by atoms with Gasteiger partial charge in [0.25, 0.3) is 0 Å². The fraction of sp³-hybridized carbons (Fsp3) is 0.100. The summed E-state index contributed by atoms with van der Waals surface area (Å²) < 4.78 is 1.96. The molecular formula is C10H9NO. The lowest BCUT2D eigenvalue weighted by Gasteiger charge is -1.93. The van der Waals surface area contributed by atoms with E-state index in [1.807, 2.05) is 35.9 Å². The van der Waals surface area contributed by atoms with Crippen molar-refractivity contribution < 1.29 is 4.79 Å². The number of pyridine rings is 1. The minimum atomic E-state index is 0.707. The Kier molecular flexibility index (Phi) is 1.47. The summed E-state index contributed by atoms with van der Waals surface area (Å²) in [5.41, 5.74) is 3.04. The summed E-state index contributed by atoms with van der Waals surface area (Å²) in [6.07, 6.45) is 4.69. The van der Waals surface area contributed by atoms with E-state index in [1.54, 1.807) is 0 Å². The molecule has 0 aliphatic heterocycles. The van der Waals surface area contributed by atoms with Crippen LogP contribution in [-0.2, 0) is 0 Å². The van der Waals surface area contributed by atoms with Gasteiger partial charge in [0.15, 0.2) is 6.29 Å². The first-order valence-corrected chi connectivity index (χ1v) is 3.83. The van der Waals surface area contributed by atoms with E-state index >= 15 is 0 Å². The second-order valence-electron chi connectivity index (χ2n) is 2.93. The number of rotatable bonds is 1. The van der Waals surface area contributed by atoms with Crippen LogP contribution in [0.15, 0.2) is 30.6 Å². The third kappa shape index (κ3) is 1.01. The zero-order valence-corrected chi connectivity index (χ0v) is 6.82. The quantitative estimate of drug-likeness (QED) is 0.583. The lowest BCUT2D eigenvalue weighted by Crippen LogP contribution is -1.85. The van der Waals surface area contributed by atoms with Gasteiger partial charge in [-0.1, -0.05) is 0 Å². The lowest BCUT2D eigenvalue weighted by molar-refractivity contribution is 0.112. The van der Waals surface area contributed by atoms with Crippen molar-refractivity contribution in [3.8, 4) is 0 Å². The minimum Gasteiger partial charge on any atom is -0.323 e. The molecule has 0 aromatic carbocycles. The van der Waals surface area contributed by atoms with E-state index in [2.05, 4.69) is 6.07 Å². The number of carbonyl (C=O) groups is 1. The first kappa shape index (κ1) is 7.10. The van der Waals surface area contributed by atoms with E-state index in [1.165, 1.54) is 5.56 Å². The number of nitrogens with zero attached hydrogens (tertiary/aromatic N) is 1. The monoisotopic (exact) mass is 159 g/mol. The Morgan fingerprint density at radius 1 is 1.33 bits per heavy atom. The van der Waals surface area contributed by atoms with E-state index in [-0.39, 0.29) is 0 Å². The Bertz CT molecular complexity index is 428. The van der Waals surface area contributed by atoms with Gasteiger partial charge in [-0.2, -0.15) is 0 Å². The number of fused-ring (bicyclic) bond motifs is 1. The van der Waals surface area contributed by atoms with E-state index in [9.17, 15) is 4.79 Å². The van der Waals surface area contributed by atoms with Crippen molar-refractivity contribution in [3.63, 3.8) is 0 Å². The molecule has 0 fully saturated rings. The van der Waals surface area contributed by atoms with Crippen LogP contribution < -0.4 is 0 Å². The molecule has 12 heavy (non-hydrogen) atoms. The predicted molar refractivity (Wildman–Crippen MR) is 47.5 cm³/mol. The van der Waals surface area contributed by atoms with Crippen LogP contribution in [0.1, 0.15) is 15.9 Å². The molecule has 2 nitrogen and oxygen atoms in total. The number of aromatic nitrogens is 1. The summed E-state index contributed by atoms with van der Waals surface area (Å²) in [6.45, 7) is 2.04. The molecule has 0 aliphatic carbocycles. The Hall–Kier alpha value is -1.57. The van der Waals surface area contributed by atoms with Crippen molar-refractivity contribution in [2.24, 2.45) is 0 Å². The molecule has 2 heteroatoms. The summed E-state index contributed by atoms with van der Waals surface area (Å²) >= 11 is 0. The van der Waals surface area contributed by atoms with Crippen LogP contribution in [-0.4, -0.2) is 10.7 Å². The third-order valence-corrected chi connectivity index (χ3v) is 1.89. The molecule has 2 aromatic rings. The van der Waals surface area contributed by atoms with E-state index < -0.39 is 0 Å². The van der Waals surface area contributed by atoms with Crippen molar-refractivity contribution in [1.82, 2.24) is 4.40 Å². The van der Waals surface area contributed by atoms with Gasteiger partial charge in [0.05, 0.1) is 0 Å². The summed E-state index contributed by atoms with van der Waals surface area (Å²) in [5, 5.41) is 0. The van der Waals surface area contributed by atoms with Crippen LogP contribution in [0.2, 0.25) is 0 Å². The normalized spacial score (nSPS) is 10.4. The first-order valence-electron chi connectivity index (χ1n) is 3.83. The van der Waals surface area contributed by atoms with Crippen LogP contribution in [0, 0.1) is 6.92 Å². The molecule has 0 unspecified atom stereocenters. The summed E-state index contributed by atoms with van der Waals surface area (Å²) in [6, 6.07) is 5.84. The molecule has 0 atom stereocenters. The first-order chi connectivity index (χ1) is 5.79. The van der Waals surface area contributed by atoms with Gasteiger partial charge >= 0.3 is 0 Å². The Morgan fingerprint density at radius 3 is 2.92 bits per heavy atom. The zero-order chi connectivity index (χ0) is 8.55. The average molecular weight is 159 g/mol. The van der Waals surface area contributed by atoms with Crippen molar-refractivity contribution in [2.75, 3.05) is 0 Å². The summed E-state index contributed by atoms with van der Waals surface area (Å²) in [7, 11) is 0. The number of hydrogen-bond donors (Lipinski definition) is 0. The van der Waals surface area contributed by atoms with Gasteiger partial charge in [-0.3, -0.25) is 4.79 Å². The Morgan fingerprint density at radius 2 is 2.17 bits per heavy atom. The van der Waals surface area contributed by atoms with Crippen molar-refractivity contribution >= 4 is 11.8 Å². The Balaban J connectivity index is 2.74. The van der Waals surface area contributed by atoms with Crippen LogP contribution in [0.25, 0.3) is 5.52 Å². The highest BCUT2D eigenvalue weighted by atomic mass is 16.1. The highest BCUT2D eigenvalue weighted by Gasteiger charge is 1.95. The maximum atomic E-state index is 10.4. The molecular weight excluding hydrogens is 150 g/mol. The van der Waals surface area contributed by atoms with Crippen molar-refractivity contribution in [3.05, 3.63) is 41.7 Å². The molecule has 60 valence electrons. The molecule has 0 saturated carbocycles. The molecule has 2 heterocycles. The fourth-order valence-electron chi connectivity index (χ4n) is 1.34. The smallest absolute Gasteiger partial charge is 0.151 e. The Labute approximate surface area is 70.4 Å². The van der Waals surface area contributed by atoms with Gasteiger partial charge in [0.2, 0.25) is 0 Å². The zero-order valence-electron chi connectivity index (χ0n) is 6.82. The largest absolute Gasteiger partial charge is 0.323 e. The highest BCUT2D eigenvalue weighted by Crippen LogP contribution is 2.09. The average Bonchev–Trinajstić information content (AvgIpc) is 2.43. The maximum absolute atomic E-state index is 10.4. The van der Waals surface area contributed by atoms with Gasteiger partial charge < -0.3 is 4.40 Å². The molecule has 0 aliphatic rings. The molecule has 2 aromatic heterocycles. The van der Waals surface area contributed by atoms with Gasteiger partial charge in [-0.15, -0.1) is 0 Å². The molecule has 0 N–H and O–H groups in total. The summed E-state index contributed by atoms with van der Waals surface area (Å²) in [5.74, 6) is 0. The van der Waals surface area contributed by atoms with Crippen LogP contribution in [0.3, 0.4) is 0 Å². The summed E-state index contributed by atoms with van der Waals surface area (Å²) in [4.78, 5) is 10.4. The number of aldehydes is 1.